The molecule has 0 saturated heterocycles. The molecule has 0 aliphatic heterocycles. The van der Waals surface area contributed by atoms with Gasteiger partial charge in [-0.25, -0.2) is 0 Å². The van der Waals surface area contributed by atoms with Crippen LogP contribution < -0.4 is 5.32 Å². The highest BCUT2D eigenvalue weighted by molar-refractivity contribution is 4.88. The molecule has 0 spiro atoms. The van der Waals surface area contributed by atoms with Crippen molar-refractivity contribution in [3.63, 3.8) is 0 Å². The van der Waals surface area contributed by atoms with E-state index in [0.717, 1.165) is 0 Å². The zero-order valence-electron chi connectivity index (χ0n) is 7.05. The molecule has 0 radical (unpaired) electrons. The molecule has 0 rings (SSSR count). The number of nitrogens with one attached hydrogen (secondary N) is 1. The van der Waals surface area contributed by atoms with Gasteiger partial charge in [0.2, 0.25) is 0 Å². The average molecular weight is 169 g/mol. The van der Waals surface area contributed by atoms with Gasteiger partial charge >= 0.3 is 6.18 Å². The summed E-state index contributed by atoms with van der Waals surface area (Å²) in [6.07, 6.45) is -4.10. The molecule has 4 heteroatoms. The van der Waals surface area contributed by atoms with Crippen molar-refractivity contribution in [3.8, 4) is 0 Å². The van der Waals surface area contributed by atoms with Gasteiger partial charge in [0, 0.05) is 0 Å². The Balaban J connectivity index is 4.33. The van der Waals surface area contributed by atoms with Crippen LogP contribution in [0.5, 0.6) is 0 Å². The van der Waals surface area contributed by atoms with Crippen LogP contribution in [0.4, 0.5) is 13.2 Å². The number of alkyl halides is 3. The third-order valence-electron chi connectivity index (χ3n) is 1.90. The molecule has 0 fully saturated rings. The number of hydrogen-bond acceptors (Lipinski definition) is 1. The molecular weight excluding hydrogens is 155 g/mol. The highest BCUT2D eigenvalue weighted by Gasteiger charge is 2.48. The van der Waals surface area contributed by atoms with E-state index in [4.69, 9.17) is 0 Å². The van der Waals surface area contributed by atoms with E-state index >= 15 is 0 Å². The minimum absolute atomic E-state index is 0.0599. The number of hydrogen-bond donors (Lipinski definition) is 1. The highest BCUT2D eigenvalue weighted by Crippen LogP contribution is 2.32. The summed E-state index contributed by atoms with van der Waals surface area (Å²) in [5.41, 5.74) is -1.72. The van der Waals surface area contributed by atoms with Gasteiger partial charge in [0.05, 0.1) is 0 Å². The van der Waals surface area contributed by atoms with Crippen LogP contribution in [0, 0.1) is 0 Å². The first-order chi connectivity index (χ1) is 4.87. The molecule has 11 heavy (non-hydrogen) atoms. The fourth-order valence-corrected chi connectivity index (χ4v) is 0.816. The lowest BCUT2D eigenvalue weighted by Crippen LogP contribution is -2.53. The van der Waals surface area contributed by atoms with Crippen molar-refractivity contribution in [1.82, 2.24) is 5.32 Å². The zero-order valence-corrected chi connectivity index (χ0v) is 7.05. The summed E-state index contributed by atoms with van der Waals surface area (Å²) in [6, 6.07) is 0. The summed E-state index contributed by atoms with van der Waals surface area (Å²) < 4.78 is 36.7. The Kier molecular flexibility index (Phi) is 3.35. The fraction of sp³-hybridized carbons (Fsp3) is 1.00. The van der Waals surface area contributed by atoms with Crippen LogP contribution in [0.3, 0.4) is 0 Å². The van der Waals surface area contributed by atoms with E-state index in [1.165, 1.54) is 13.8 Å². The summed E-state index contributed by atoms with van der Waals surface area (Å²) in [7, 11) is 0. The van der Waals surface area contributed by atoms with Gasteiger partial charge in [0.25, 0.3) is 0 Å². The lowest BCUT2D eigenvalue weighted by atomic mass is 9.98. The standard InChI is InChI=1S/C7H14F3N/c1-4-6(3,11-5-2)7(8,9)10/h11H,4-5H2,1-3H3. The first-order valence-corrected chi connectivity index (χ1v) is 3.69. The van der Waals surface area contributed by atoms with Gasteiger partial charge in [-0.05, 0) is 19.9 Å². The highest BCUT2D eigenvalue weighted by atomic mass is 19.4. The summed E-state index contributed by atoms with van der Waals surface area (Å²) in [5, 5.41) is 2.42. The van der Waals surface area contributed by atoms with Crippen LogP contribution in [0.1, 0.15) is 27.2 Å². The SMILES string of the molecule is CCNC(C)(CC)C(F)(F)F. The van der Waals surface area contributed by atoms with Gasteiger partial charge in [-0.2, -0.15) is 13.2 Å². The van der Waals surface area contributed by atoms with Crippen LogP contribution >= 0.6 is 0 Å². The molecule has 0 heterocycles. The summed E-state index contributed by atoms with van der Waals surface area (Å²) >= 11 is 0. The Labute approximate surface area is 65.0 Å². The second-order valence-electron chi connectivity index (χ2n) is 2.71. The molecule has 1 atom stereocenters. The summed E-state index contributed by atoms with van der Waals surface area (Å²) in [5.74, 6) is 0. The third kappa shape index (κ3) is 2.36. The van der Waals surface area contributed by atoms with Gasteiger partial charge in [-0.1, -0.05) is 13.8 Å². The Bertz CT molecular complexity index is 121. The van der Waals surface area contributed by atoms with Gasteiger partial charge in [-0.15, -0.1) is 0 Å². The quantitative estimate of drug-likeness (QED) is 0.683. The minimum Gasteiger partial charge on any atom is -0.304 e. The predicted molar refractivity (Wildman–Crippen MR) is 38.4 cm³/mol. The van der Waals surface area contributed by atoms with Crippen molar-refractivity contribution in [2.24, 2.45) is 0 Å². The first-order valence-electron chi connectivity index (χ1n) is 3.69. The molecule has 0 amide bonds. The maximum absolute atomic E-state index is 12.2. The average Bonchev–Trinajstić information content (AvgIpc) is 1.86. The van der Waals surface area contributed by atoms with E-state index in [-0.39, 0.29) is 6.42 Å². The van der Waals surface area contributed by atoms with E-state index in [1.807, 2.05) is 0 Å². The minimum atomic E-state index is -4.16. The second-order valence-corrected chi connectivity index (χ2v) is 2.71. The number of rotatable bonds is 3. The molecule has 0 aliphatic carbocycles. The molecule has 0 aromatic heterocycles. The number of halogens is 3. The predicted octanol–water partition coefficient (Wildman–Crippen LogP) is 2.33. The van der Waals surface area contributed by atoms with Crippen LogP contribution in [-0.4, -0.2) is 18.3 Å². The second kappa shape index (κ2) is 3.43. The molecule has 1 unspecified atom stereocenters. The maximum atomic E-state index is 12.2. The zero-order chi connectivity index (χ0) is 9.12. The van der Waals surface area contributed by atoms with Crippen molar-refractivity contribution in [2.75, 3.05) is 6.54 Å². The molecule has 68 valence electrons. The molecule has 0 bridgehead atoms. The summed E-state index contributed by atoms with van der Waals surface area (Å²) in [6.45, 7) is 4.70. The fourth-order valence-electron chi connectivity index (χ4n) is 0.816. The molecule has 0 saturated carbocycles. The monoisotopic (exact) mass is 169 g/mol. The van der Waals surface area contributed by atoms with Crippen molar-refractivity contribution < 1.29 is 13.2 Å². The van der Waals surface area contributed by atoms with Crippen LogP contribution in [0.2, 0.25) is 0 Å². The first kappa shape index (κ1) is 10.8. The molecular formula is C7H14F3N. The van der Waals surface area contributed by atoms with Crippen molar-refractivity contribution in [2.45, 2.75) is 38.9 Å². The molecule has 0 aromatic carbocycles. The summed E-state index contributed by atoms with van der Waals surface area (Å²) in [4.78, 5) is 0. The van der Waals surface area contributed by atoms with E-state index < -0.39 is 11.7 Å². The molecule has 0 aliphatic rings. The largest absolute Gasteiger partial charge is 0.406 e. The maximum Gasteiger partial charge on any atom is 0.406 e. The van der Waals surface area contributed by atoms with Gasteiger partial charge in [-0.3, -0.25) is 0 Å². The third-order valence-corrected chi connectivity index (χ3v) is 1.90. The van der Waals surface area contributed by atoms with Gasteiger partial charge < -0.3 is 5.32 Å². The van der Waals surface area contributed by atoms with Crippen molar-refractivity contribution in [1.29, 1.82) is 0 Å². The lowest BCUT2D eigenvalue weighted by molar-refractivity contribution is -0.192. The van der Waals surface area contributed by atoms with Crippen LogP contribution in [0.15, 0.2) is 0 Å². The van der Waals surface area contributed by atoms with Crippen LogP contribution in [-0.2, 0) is 0 Å². The smallest absolute Gasteiger partial charge is 0.304 e. The molecule has 1 N–H and O–H groups in total. The molecule has 0 aromatic rings. The Hall–Kier alpha value is -0.250. The van der Waals surface area contributed by atoms with E-state index in [9.17, 15) is 13.2 Å². The van der Waals surface area contributed by atoms with Crippen molar-refractivity contribution >= 4 is 0 Å². The van der Waals surface area contributed by atoms with E-state index in [2.05, 4.69) is 5.32 Å². The van der Waals surface area contributed by atoms with Crippen molar-refractivity contribution in [3.05, 3.63) is 0 Å². The normalized spacial score (nSPS) is 18.0. The van der Waals surface area contributed by atoms with Crippen LogP contribution in [0.25, 0.3) is 0 Å². The topological polar surface area (TPSA) is 12.0 Å². The molecule has 1 nitrogen and oxygen atoms in total. The van der Waals surface area contributed by atoms with Gasteiger partial charge in [0.15, 0.2) is 0 Å². The Morgan fingerprint density at radius 3 is 1.73 bits per heavy atom. The Morgan fingerprint density at radius 2 is 1.64 bits per heavy atom. The van der Waals surface area contributed by atoms with Gasteiger partial charge in [0.1, 0.15) is 5.54 Å². The van der Waals surface area contributed by atoms with E-state index in [1.54, 1.807) is 6.92 Å². The Morgan fingerprint density at radius 1 is 1.18 bits per heavy atom. The van der Waals surface area contributed by atoms with E-state index in [0.29, 0.717) is 6.54 Å². The lowest BCUT2D eigenvalue weighted by Gasteiger charge is -2.31.